The van der Waals surface area contributed by atoms with E-state index in [4.69, 9.17) is 0 Å². The Morgan fingerprint density at radius 2 is 1.91 bits per heavy atom. The van der Waals surface area contributed by atoms with Crippen LogP contribution in [0, 0.1) is 6.92 Å². The average Bonchev–Trinajstić information content (AvgIpc) is 2.56. The summed E-state index contributed by atoms with van der Waals surface area (Å²) >= 11 is 1.72. The molecule has 0 amide bonds. The molecule has 0 spiro atoms. The normalized spacial score (nSPS) is 11.5. The van der Waals surface area contributed by atoms with Gasteiger partial charge in [-0.25, -0.2) is 9.97 Å². The average molecular weight is 312 g/mol. The van der Waals surface area contributed by atoms with Crippen LogP contribution in [-0.4, -0.2) is 29.5 Å². The SMILES string of the molecule is C/C=C\C=Nc1c(C)nc(-c2ccc(SC)cc2)nc1NC. The molecule has 1 heterocycles. The van der Waals surface area contributed by atoms with Gasteiger partial charge < -0.3 is 5.32 Å². The minimum Gasteiger partial charge on any atom is -0.371 e. The number of nitrogens with one attached hydrogen (secondary N) is 1. The minimum absolute atomic E-state index is 0.708. The number of nitrogens with zero attached hydrogens (tertiary/aromatic N) is 3. The van der Waals surface area contributed by atoms with Crippen molar-refractivity contribution in [2.45, 2.75) is 18.7 Å². The lowest BCUT2D eigenvalue weighted by Gasteiger charge is -2.10. The molecule has 1 aromatic carbocycles. The van der Waals surface area contributed by atoms with Crippen molar-refractivity contribution in [3.05, 3.63) is 42.1 Å². The highest BCUT2D eigenvalue weighted by Crippen LogP contribution is 2.29. The van der Waals surface area contributed by atoms with Gasteiger partial charge in [0.2, 0.25) is 0 Å². The molecule has 0 unspecified atom stereocenters. The van der Waals surface area contributed by atoms with E-state index in [1.807, 2.05) is 45.2 Å². The number of thioether (sulfide) groups is 1. The van der Waals surface area contributed by atoms with Gasteiger partial charge >= 0.3 is 0 Å². The van der Waals surface area contributed by atoms with E-state index in [0.29, 0.717) is 5.82 Å². The van der Waals surface area contributed by atoms with E-state index in [2.05, 4.69) is 38.7 Å². The van der Waals surface area contributed by atoms with Gasteiger partial charge in [0.05, 0.1) is 5.69 Å². The molecule has 0 aliphatic carbocycles. The Labute approximate surface area is 135 Å². The quantitative estimate of drug-likeness (QED) is 0.652. The number of hydrogen-bond acceptors (Lipinski definition) is 5. The Balaban J connectivity index is 2.44. The smallest absolute Gasteiger partial charge is 0.161 e. The third-order valence-corrected chi connectivity index (χ3v) is 3.87. The lowest BCUT2D eigenvalue weighted by atomic mass is 10.2. The lowest BCUT2D eigenvalue weighted by Crippen LogP contribution is -2.00. The molecular weight excluding hydrogens is 292 g/mol. The minimum atomic E-state index is 0.708. The zero-order valence-electron chi connectivity index (χ0n) is 13.3. The molecule has 0 bridgehead atoms. The molecule has 0 fully saturated rings. The van der Waals surface area contributed by atoms with E-state index in [1.165, 1.54) is 4.90 Å². The lowest BCUT2D eigenvalue weighted by molar-refractivity contribution is 1.10. The highest BCUT2D eigenvalue weighted by atomic mass is 32.2. The Morgan fingerprint density at radius 3 is 2.50 bits per heavy atom. The standard InChI is InChI=1S/C17H20N4S/c1-5-6-11-19-15-12(2)20-16(21-17(15)18-3)13-7-9-14(22-4)10-8-13/h5-11H,1-4H3,(H,18,20,21)/b6-5-,19-11?. The molecule has 114 valence electrons. The summed E-state index contributed by atoms with van der Waals surface area (Å²) in [6.45, 7) is 3.90. The summed E-state index contributed by atoms with van der Waals surface area (Å²) < 4.78 is 0. The van der Waals surface area contributed by atoms with Crippen LogP contribution in [0.1, 0.15) is 12.6 Å². The Kier molecular flexibility index (Phi) is 5.72. The third-order valence-electron chi connectivity index (χ3n) is 3.13. The second-order valence-corrected chi connectivity index (χ2v) is 5.49. The molecule has 5 heteroatoms. The first kappa shape index (κ1) is 16.2. The predicted octanol–water partition coefficient (Wildman–Crippen LogP) is 4.49. The summed E-state index contributed by atoms with van der Waals surface area (Å²) in [5.74, 6) is 1.44. The van der Waals surface area contributed by atoms with E-state index in [0.717, 1.165) is 22.8 Å². The summed E-state index contributed by atoms with van der Waals surface area (Å²) in [5, 5.41) is 3.10. The maximum Gasteiger partial charge on any atom is 0.161 e. The van der Waals surface area contributed by atoms with Crippen molar-refractivity contribution in [2.24, 2.45) is 4.99 Å². The van der Waals surface area contributed by atoms with Gasteiger partial charge in [-0.15, -0.1) is 11.8 Å². The van der Waals surface area contributed by atoms with Crippen molar-refractivity contribution in [3.63, 3.8) is 0 Å². The van der Waals surface area contributed by atoms with Gasteiger partial charge in [-0.3, -0.25) is 4.99 Å². The molecule has 1 N–H and O–H groups in total. The molecular formula is C17H20N4S. The number of aliphatic imine (C=N–C) groups is 1. The Bertz CT molecular complexity index is 691. The number of anilines is 1. The van der Waals surface area contributed by atoms with Crippen molar-refractivity contribution in [1.29, 1.82) is 0 Å². The van der Waals surface area contributed by atoms with Crippen molar-refractivity contribution < 1.29 is 0 Å². The van der Waals surface area contributed by atoms with E-state index < -0.39 is 0 Å². The summed E-state index contributed by atoms with van der Waals surface area (Å²) in [6.07, 6.45) is 7.63. The first-order chi connectivity index (χ1) is 10.7. The molecule has 0 atom stereocenters. The van der Waals surface area contributed by atoms with Gasteiger partial charge in [0.25, 0.3) is 0 Å². The van der Waals surface area contributed by atoms with Crippen LogP contribution in [0.5, 0.6) is 0 Å². The molecule has 0 aliphatic heterocycles. The molecule has 0 aliphatic rings. The fraction of sp³-hybridized carbons (Fsp3) is 0.235. The van der Waals surface area contributed by atoms with Crippen LogP contribution in [-0.2, 0) is 0 Å². The summed E-state index contributed by atoms with van der Waals surface area (Å²) in [4.78, 5) is 14.8. The van der Waals surface area contributed by atoms with E-state index in [-0.39, 0.29) is 0 Å². The molecule has 22 heavy (non-hydrogen) atoms. The van der Waals surface area contributed by atoms with Gasteiger partial charge in [0.15, 0.2) is 11.6 Å². The number of hydrogen-bond donors (Lipinski definition) is 1. The van der Waals surface area contributed by atoms with Crippen molar-refractivity contribution in [3.8, 4) is 11.4 Å². The highest BCUT2D eigenvalue weighted by molar-refractivity contribution is 7.98. The van der Waals surface area contributed by atoms with Gasteiger partial charge in [-0.1, -0.05) is 18.2 Å². The summed E-state index contributed by atoms with van der Waals surface area (Å²) in [5.41, 5.74) is 2.62. The van der Waals surface area contributed by atoms with Crippen molar-refractivity contribution >= 4 is 29.5 Å². The molecule has 2 rings (SSSR count). The monoisotopic (exact) mass is 312 g/mol. The van der Waals surface area contributed by atoms with Gasteiger partial charge in [0, 0.05) is 23.7 Å². The second-order valence-electron chi connectivity index (χ2n) is 4.61. The Hall–Kier alpha value is -2.14. The molecule has 2 aromatic rings. The summed E-state index contributed by atoms with van der Waals surface area (Å²) in [7, 11) is 1.84. The number of benzene rings is 1. The van der Waals surface area contributed by atoms with Gasteiger partial charge in [-0.05, 0) is 38.3 Å². The largest absolute Gasteiger partial charge is 0.371 e. The number of aromatic nitrogens is 2. The van der Waals surface area contributed by atoms with Crippen LogP contribution >= 0.6 is 11.8 Å². The second kappa shape index (κ2) is 7.75. The molecule has 4 nitrogen and oxygen atoms in total. The van der Waals surface area contributed by atoms with Gasteiger partial charge in [0.1, 0.15) is 5.69 Å². The molecule has 0 saturated carbocycles. The number of rotatable bonds is 5. The fourth-order valence-electron chi connectivity index (χ4n) is 1.97. The maximum atomic E-state index is 4.59. The fourth-order valence-corrected chi connectivity index (χ4v) is 2.38. The zero-order valence-corrected chi connectivity index (χ0v) is 14.1. The molecule has 1 aromatic heterocycles. The molecule has 0 saturated heterocycles. The maximum absolute atomic E-state index is 4.59. The van der Waals surface area contributed by atoms with Crippen molar-refractivity contribution in [2.75, 3.05) is 18.6 Å². The van der Waals surface area contributed by atoms with E-state index in [9.17, 15) is 0 Å². The highest BCUT2D eigenvalue weighted by Gasteiger charge is 2.11. The number of aryl methyl sites for hydroxylation is 1. The van der Waals surface area contributed by atoms with Crippen LogP contribution in [0.3, 0.4) is 0 Å². The van der Waals surface area contributed by atoms with Crippen LogP contribution in [0.25, 0.3) is 11.4 Å². The van der Waals surface area contributed by atoms with Gasteiger partial charge in [-0.2, -0.15) is 0 Å². The van der Waals surface area contributed by atoms with Crippen molar-refractivity contribution in [1.82, 2.24) is 9.97 Å². The van der Waals surface area contributed by atoms with E-state index in [1.54, 1.807) is 18.0 Å². The Morgan fingerprint density at radius 1 is 1.18 bits per heavy atom. The first-order valence-corrected chi connectivity index (χ1v) is 8.28. The summed E-state index contributed by atoms with van der Waals surface area (Å²) in [6, 6.07) is 8.25. The molecule has 0 radical (unpaired) electrons. The van der Waals surface area contributed by atoms with Crippen LogP contribution in [0.2, 0.25) is 0 Å². The van der Waals surface area contributed by atoms with Crippen LogP contribution < -0.4 is 5.32 Å². The third kappa shape index (κ3) is 3.74. The van der Waals surface area contributed by atoms with Crippen LogP contribution in [0.15, 0.2) is 46.3 Å². The zero-order chi connectivity index (χ0) is 15.9. The number of allylic oxidation sites excluding steroid dienone is 2. The topological polar surface area (TPSA) is 50.2 Å². The van der Waals surface area contributed by atoms with Crippen LogP contribution in [0.4, 0.5) is 11.5 Å². The first-order valence-electron chi connectivity index (χ1n) is 7.05. The van der Waals surface area contributed by atoms with E-state index >= 15 is 0 Å². The predicted molar refractivity (Wildman–Crippen MR) is 96.5 cm³/mol.